The molecule has 0 spiro atoms. The minimum Gasteiger partial charge on any atom is -0.303 e. The average molecular weight is 415 g/mol. The number of piperazine rings is 1. The Kier molecular flexibility index (Phi) is 5.84. The smallest absolute Gasteiger partial charge is 0.246 e. The van der Waals surface area contributed by atoms with E-state index >= 15 is 0 Å². The van der Waals surface area contributed by atoms with Crippen molar-refractivity contribution in [3.63, 3.8) is 0 Å². The fourth-order valence-corrected chi connectivity index (χ4v) is 4.57. The third-order valence-electron chi connectivity index (χ3n) is 4.30. The summed E-state index contributed by atoms with van der Waals surface area (Å²) in [4.78, 5) is 1.36. The molecule has 1 saturated heterocycles. The van der Waals surface area contributed by atoms with E-state index < -0.39 is 26.6 Å². The zero-order valence-electron chi connectivity index (χ0n) is 14.5. The Morgan fingerprint density at radius 1 is 1.22 bits per heavy atom. The summed E-state index contributed by atoms with van der Waals surface area (Å²) >= 11 is 5.34. The number of nitrogens with zero attached hydrogens (tertiary/aromatic N) is 5. The molecule has 1 aromatic carbocycles. The number of halogens is 2. The first kappa shape index (κ1) is 19.8. The number of sulfonamides is 1. The Morgan fingerprint density at radius 2 is 1.93 bits per heavy atom. The van der Waals surface area contributed by atoms with Gasteiger partial charge in [-0.3, -0.25) is 4.90 Å². The van der Waals surface area contributed by atoms with Gasteiger partial charge in [0.05, 0.1) is 6.67 Å². The summed E-state index contributed by atoms with van der Waals surface area (Å²) in [7, 11) is -4.09. The Hall–Kier alpha value is -1.95. The molecule has 0 unspecified atom stereocenters. The van der Waals surface area contributed by atoms with Crippen LogP contribution in [0.3, 0.4) is 0 Å². The number of allylic oxidation sites excluding steroid dienone is 1. The van der Waals surface area contributed by atoms with Crippen molar-refractivity contribution in [3.8, 4) is 0 Å². The first-order valence-electron chi connectivity index (χ1n) is 8.23. The molecule has 1 aromatic heterocycles. The number of hydrogen-bond acceptors (Lipinski definition) is 5. The molecule has 0 saturated carbocycles. The maximum atomic E-state index is 13.9. The van der Waals surface area contributed by atoms with Gasteiger partial charge in [0.2, 0.25) is 10.0 Å². The first-order chi connectivity index (χ1) is 12.8. The number of hydrogen-bond donors (Lipinski definition) is 0. The van der Waals surface area contributed by atoms with Gasteiger partial charge >= 0.3 is 0 Å². The van der Waals surface area contributed by atoms with Crippen molar-refractivity contribution in [2.24, 2.45) is 0 Å². The van der Waals surface area contributed by atoms with Crippen LogP contribution in [0.2, 0.25) is 0 Å². The molecule has 0 bridgehead atoms. The SMILES string of the molecule is C=CCn1cnn(CN2CCN(S(=O)(=O)c3cc(F)ccc3F)CC2)c1=S. The molecule has 0 amide bonds. The van der Waals surface area contributed by atoms with Gasteiger partial charge in [0.25, 0.3) is 0 Å². The molecule has 7 nitrogen and oxygen atoms in total. The van der Waals surface area contributed by atoms with Crippen LogP contribution < -0.4 is 0 Å². The lowest BCUT2D eigenvalue weighted by molar-refractivity contribution is 0.144. The summed E-state index contributed by atoms with van der Waals surface area (Å²) in [6.07, 6.45) is 3.34. The second-order valence-corrected chi connectivity index (χ2v) is 8.36. The fraction of sp³-hybridized carbons (Fsp3) is 0.375. The van der Waals surface area contributed by atoms with Crippen molar-refractivity contribution >= 4 is 22.2 Å². The molecule has 27 heavy (non-hydrogen) atoms. The lowest BCUT2D eigenvalue weighted by atomic mass is 10.3. The van der Waals surface area contributed by atoms with Gasteiger partial charge in [0.1, 0.15) is 22.9 Å². The average Bonchev–Trinajstić information content (AvgIpc) is 2.98. The van der Waals surface area contributed by atoms with Crippen LogP contribution in [0.4, 0.5) is 8.78 Å². The topological polar surface area (TPSA) is 63.4 Å². The van der Waals surface area contributed by atoms with Crippen molar-refractivity contribution in [2.45, 2.75) is 18.1 Å². The van der Waals surface area contributed by atoms with E-state index in [9.17, 15) is 17.2 Å². The van der Waals surface area contributed by atoms with E-state index in [0.29, 0.717) is 37.1 Å². The predicted molar refractivity (Wildman–Crippen MR) is 97.9 cm³/mol. The number of rotatable bonds is 6. The summed E-state index contributed by atoms with van der Waals surface area (Å²) in [5, 5.41) is 4.23. The molecule has 2 aromatic rings. The van der Waals surface area contributed by atoms with Crippen LogP contribution in [0.25, 0.3) is 0 Å². The van der Waals surface area contributed by atoms with Crippen molar-refractivity contribution in [1.82, 2.24) is 23.6 Å². The molecule has 1 aliphatic heterocycles. The molecule has 0 N–H and O–H groups in total. The fourth-order valence-electron chi connectivity index (χ4n) is 2.85. The van der Waals surface area contributed by atoms with Crippen LogP contribution in [-0.4, -0.2) is 58.1 Å². The van der Waals surface area contributed by atoms with Gasteiger partial charge in [-0.1, -0.05) is 6.08 Å². The first-order valence-corrected chi connectivity index (χ1v) is 10.1. The zero-order valence-corrected chi connectivity index (χ0v) is 16.1. The standard InChI is InChI=1S/C16H19F2N5O2S2/c1-2-5-21-11-19-23(16(21)26)12-20-6-8-22(9-7-20)27(24,25)15-10-13(17)3-4-14(15)18/h2-4,10-11H,1,5-9,12H2. The summed E-state index contributed by atoms with van der Waals surface area (Å²) < 4.78 is 57.6. The zero-order chi connectivity index (χ0) is 19.6. The normalized spacial score (nSPS) is 16.5. The van der Waals surface area contributed by atoms with Gasteiger partial charge in [-0.05, 0) is 30.4 Å². The Bertz CT molecular complexity index is 994. The summed E-state index contributed by atoms with van der Waals surface area (Å²) in [5.41, 5.74) is 0. The molecule has 1 aliphatic rings. The van der Waals surface area contributed by atoms with Gasteiger partial charge in [0.15, 0.2) is 4.77 Å². The highest BCUT2D eigenvalue weighted by Gasteiger charge is 2.31. The van der Waals surface area contributed by atoms with Gasteiger partial charge < -0.3 is 4.57 Å². The summed E-state index contributed by atoms with van der Waals surface area (Å²) in [6, 6.07) is 2.42. The molecular formula is C16H19F2N5O2S2. The molecule has 3 rings (SSSR count). The summed E-state index contributed by atoms with van der Waals surface area (Å²) in [6.45, 7) is 5.82. The van der Waals surface area contributed by atoms with Crippen LogP contribution in [-0.2, 0) is 23.2 Å². The minimum absolute atomic E-state index is 0.166. The monoisotopic (exact) mass is 415 g/mol. The highest BCUT2D eigenvalue weighted by atomic mass is 32.2. The van der Waals surface area contributed by atoms with E-state index in [1.165, 1.54) is 0 Å². The van der Waals surface area contributed by atoms with Crippen molar-refractivity contribution in [3.05, 3.63) is 53.6 Å². The Morgan fingerprint density at radius 3 is 2.59 bits per heavy atom. The number of benzene rings is 1. The molecule has 0 aliphatic carbocycles. The molecular weight excluding hydrogens is 396 g/mol. The lowest BCUT2D eigenvalue weighted by Crippen LogP contribution is -2.49. The van der Waals surface area contributed by atoms with Crippen LogP contribution in [0.5, 0.6) is 0 Å². The van der Waals surface area contributed by atoms with E-state index in [2.05, 4.69) is 11.7 Å². The van der Waals surface area contributed by atoms with Crippen LogP contribution >= 0.6 is 12.2 Å². The summed E-state index contributed by atoms with van der Waals surface area (Å²) in [5.74, 6) is -1.75. The molecule has 0 radical (unpaired) electrons. The van der Waals surface area contributed by atoms with Gasteiger partial charge in [0, 0.05) is 32.7 Å². The third kappa shape index (κ3) is 4.15. The molecule has 146 valence electrons. The van der Waals surface area contributed by atoms with E-state index in [1.54, 1.807) is 21.7 Å². The second-order valence-electron chi connectivity index (χ2n) is 6.09. The van der Waals surface area contributed by atoms with Gasteiger partial charge in [-0.15, -0.1) is 6.58 Å². The molecule has 1 fully saturated rings. The highest BCUT2D eigenvalue weighted by Crippen LogP contribution is 2.21. The maximum Gasteiger partial charge on any atom is 0.246 e. The van der Waals surface area contributed by atoms with E-state index in [1.807, 2.05) is 4.90 Å². The number of aromatic nitrogens is 3. The molecule has 11 heteroatoms. The van der Waals surface area contributed by atoms with Crippen molar-refractivity contribution in [2.75, 3.05) is 26.2 Å². The molecule has 0 atom stereocenters. The van der Waals surface area contributed by atoms with Crippen LogP contribution in [0, 0.1) is 16.4 Å². The van der Waals surface area contributed by atoms with Crippen LogP contribution in [0.1, 0.15) is 0 Å². The Labute approximate surface area is 161 Å². The largest absolute Gasteiger partial charge is 0.303 e. The van der Waals surface area contributed by atoms with Crippen molar-refractivity contribution in [1.29, 1.82) is 0 Å². The third-order valence-corrected chi connectivity index (χ3v) is 6.66. The lowest BCUT2D eigenvalue weighted by Gasteiger charge is -2.33. The van der Waals surface area contributed by atoms with Gasteiger partial charge in [-0.2, -0.15) is 9.40 Å². The molecule has 2 heterocycles. The Balaban J connectivity index is 1.67. The van der Waals surface area contributed by atoms with Crippen molar-refractivity contribution < 1.29 is 17.2 Å². The van der Waals surface area contributed by atoms with E-state index in [0.717, 1.165) is 16.4 Å². The quantitative estimate of drug-likeness (QED) is 0.532. The second kappa shape index (κ2) is 7.97. The van der Waals surface area contributed by atoms with Crippen LogP contribution in [0.15, 0.2) is 42.1 Å². The maximum absolute atomic E-state index is 13.9. The minimum atomic E-state index is -4.09. The predicted octanol–water partition coefficient (Wildman–Crippen LogP) is 1.84. The van der Waals surface area contributed by atoms with E-state index in [4.69, 9.17) is 12.2 Å². The van der Waals surface area contributed by atoms with Gasteiger partial charge in [-0.25, -0.2) is 21.9 Å². The van der Waals surface area contributed by atoms with E-state index in [-0.39, 0.29) is 13.1 Å². The highest BCUT2D eigenvalue weighted by molar-refractivity contribution is 7.89.